The number of rotatable bonds is 31. The summed E-state index contributed by atoms with van der Waals surface area (Å²) in [6.07, 6.45) is 39.7. The number of unbranched alkanes of at least 4 members (excludes halogenated alkanes) is 24. The molecule has 0 aromatic rings. The van der Waals surface area contributed by atoms with Crippen molar-refractivity contribution in [3.05, 3.63) is 12.2 Å². The smallest absolute Gasteiger partial charge is 0.726 e. The van der Waals surface area contributed by atoms with Crippen molar-refractivity contribution in [2.45, 2.75) is 187 Å². The van der Waals surface area contributed by atoms with Gasteiger partial charge in [-0.2, -0.15) is 0 Å². The van der Waals surface area contributed by atoms with E-state index in [-0.39, 0.29) is 42.1 Å². The van der Waals surface area contributed by atoms with Crippen LogP contribution in [0, 0.1) is 5.92 Å². The van der Waals surface area contributed by atoms with Crippen LogP contribution in [0.25, 0.3) is 0 Å². The van der Waals surface area contributed by atoms with Gasteiger partial charge in [-0.05, 0) is 19.3 Å². The normalized spacial score (nSPS) is 12.7. The van der Waals surface area contributed by atoms with E-state index in [0.29, 0.717) is 0 Å². The second kappa shape index (κ2) is 33.1. The minimum atomic E-state index is -4.61. The largest absolute Gasteiger partial charge is 1.00 e. The van der Waals surface area contributed by atoms with E-state index in [1.165, 1.54) is 148 Å². The first-order chi connectivity index (χ1) is 18.5. The molecule has 0 saturated carbocycles. The first-order valence-electron chi connectivity index (χ1n) is 16.8. The third kappa shape index (κ3) is 36.6. The zero-order chi connectivity index (χ0) is 28.0. The molecule has 39 heavy (non-hydrogen) atoms. The van der Waals surface area contributed by atoms with Gasteiger partial charge in [-0.3, -0.25) is 4.18 Å². The van der Waals surface area contributed by atoms with Crippen LogP contribution in [0.4, 0.5) is 0 Å². The Bertz CT molecular complexity index is 595. The van der Waals surface area contributed by atoms with Crippen molar-refractivity contribution in [1.29, 1.82) is 0 Å². The molecule has 0 fully saturated rings. The second-order valence-electron chi connectivity index (χ2n) is 11.6. The van der Waals surface area contributed by atoms with Crippen molar-refractivity contribution in [1.82, 2.24) is 0 Å². The van der Waals surface area contributed by atoms with Crippen molar-refractivity contribution in [3.8, 4) is 0 Å². The summed E-state index contributed by atoms with van der Waals surface area (Å²) >= 11 is 0. The van der Waals surface area contributed by atoms with Crippen LogP contribution in [0.5, 0.6) is 0 Å². The molecule has 0 bridgehead atoms. The summed E-state index contributed by atoms with van der Waals surface area (Å²) in [7, 11) is -4.61. The molecular weight excluding hydrogens is 515 g/mol. The SMILES string of the molecule is CCCCCCCCCCCCCCCCCCCC/C=C/C(CCCCCCCCC)COS(=O)(=O)[O-].[Na+]. The van der Waals surface area contributed by atoms with E-state index >= 15 is 0 Å². The van der Waals surface area contributed by atoms with Gasteiger partial charge in [-0.25, -0.2) is 8.42 Å². The zero-order valence-electron chi connectivity index (χ0n) is 26.6. The molecule has 1 unspecified atom stereocenters. The maximum atomic E-state index is 10.9. The molecule has 0 aliphatic carbocycles. The Morgan fingerprint density at radius 2 is 0.897 bits per heavy atom. The molecule has 0 rings (SSSR count). The second-order valence-corrected chi connectivity index (χ2v) is 12.6. The number of allylic oxidation sites excluding steroid dienone is 1. The van der Waals surface area contributed by atoms with Gasteiger partial charge in [-0.1, -0.05) is 180 Å². The Morgan fingerprint density at radius 1 is 0.564 bits per heavy atom. The fraction of sp³-hybridized carbons (Fsp3) is 0.939. The Labute approximate surface area is 267 Å². The van der Waals surface area contributed by atoms with E-state index in [2.05, 4.69) is 30.2 Å². The molecule has 0 aromatic carbocycles. The van der Waals surface area contributed by atoms with Crippen LogP contribution in [0.15, 0.2) is 12.2 Å². The zero-order valence-corrected chi connectivity index (χ0v) is 29.4. The fourth-order valence-corrected chi connectivity index (χ4v) is 5.56. The molecule has 0 saturated heterocycles. The molecule has 0 amide bonds. The van der Waals surface area contributed by atoms with Gasteiger partial charge < -0.3 is 4.55 Å². The Balaban J connectivity index is 0. The van der Waals surface area contributed by atoms with Crippen LogP contribution in [0.2, 0.25) is 0 Å². The van der Waals surface area contributed by atoms with Crippen molar-refractivity contribution < 1.29 is 46.7 Å². The molecule has 1 atom stereocenters. The van der Waals surface area contributed by atoms with E-state index in [4.69, 9.17) is 0 Å². The van der Waals surface area contributed by atoms with E-state index < -0.39 is 10.4 Å². The van der Waals surface area contributed by atoms with Crippen molar-refractivity contribution in [2.75, 3.05) is 6.61 Å². The number of hydrogen-bond donors (Lipinski definition) is 0. The summed E-state index contributed by atoms with van der Waals surface area (Å²) in [6.45, 7) is 4.49. The molecule has 4 nitrogen and oxygen atoms in total. The standard InChI is InChI=1S/C33H66O4S.Na/c1-3-5-7-9-11-12-13-14-15-16-17-18-19-20-21-22-23-25-27-29-31-33(32-37-38(34,35)36)30-28-26-24-10-8-6-4-2;/h29,31,33H,3-28,30,32H2,1-2H3,(H,34,35,36);/q;+1/p-1/b31-29+;. The van der Waals surface area contributed by atoms with Gasteiger partial charge in [0.05, 0.1) is 6.61 Å². The molecule has 0 N–H and O–H groups in total. The summed E-state index contributed by atoms with van der Waals surface area (Å²) < 4.78 is 37.2. The van der Waals surface area contributed by atoms with Crippen LogP contribution >= 0.6 is 0 Å². The van der Waals surface area contributed by atoms with Crippen molar-refractivity contribution >= 4 is 10.4 Å². The van der Waals surface area contributed by atoms with Crippen LogP contribution in [-0.2, 0) is 14.6 Å². The van der Waals surface area contributed by atoms with Crippen LogP contribution < -0.4 is 29.6 Å². The summed E-state index contributed by atoms with van der Waals surface area (Å²) in [4.78, 5) is 0. The van der Waals surface area contributed by atoms with E-state index in [1.807, 2.05) is 0 Å². The molecule has 228 valence electrons. The van der Waals surface area contributed by atoms with Crippen molar-refractivity contribution in [2.24, 2.45) is 5.92 Å². The third-order valence-corrected chi connectivity index (χ3v) is 8.16. The summed E-state index contributed by atoms with van der Waals surface area (Å²) in [5.74, 6) is 0.0184. The van der Waals surface area contributed by atoms with Gasteiger partial charge in [0.15, 0.2) is 0 Å². The van der Waals surface area contributed by atoms with Gasteiger partial charge >= 0.3 is 29.6 Å². The number of hydrogen-bond acceptors (Lipinski definition) is 4. The quantitative estimate of drug-likeness (QED) is 0.0272. The molecule has 0 aliphatic rings. The molecular formula is C33H65NaO4S. The summed E-state index contributed by atoms with van der Waals surface area (Å²) in [6, 6.07) is 0. The van der Waals surface area contributed by atoms with Crippen LogP contribution in [0.3, 0.4) is 0 Å². The van der Waals surface area contributed by atoms with Crippen LogP contribution in [0.1, 0.15) is 187 Å². The average Bonchev–Trinajstić information content (AvgIpc) is 2.89. The average molecular weight is 581 g/mol. The predicted octanol–water partition coefficient (Wildman–Crippen LogP) is 8.21. The first-order valence-corrected chi connectivity index (χ1v) is 18.1. The predicted molar refractivity (Wildman–Crippen MR) is 164 cm³/mol. The van der Waals surface area contributed by atoms with Gasteiger partial charge in [0.25, 0.3) is 0 Å². The van der Waals surface area contributed by atoms with Crippen LogP contribution in [-0.4, -0.2) is 19.6 Å². The molecule has 0 heterocycles. The summed E-state index contributed by atoms with van der Waals surface area (Å²) in [5, 5.41) is 0. The Hall–Kier alpha value is 0.610. The van der Waals surface area contributed by atoms with Gasteiger partial charge in [-0.15, -0.1) is 0 Å². The third-order valence-electron chi connectivity index (χ3n) is 7.74. The van der Waals surface area contributed by atoms with Gasteiger partial charge in [0.2, 0.25) is 10.4 Å². The van der Waals surface area contributed by atoms with E-state index in [9.17, 15) is 13.0 Å². The Kier molecular flexibility index (Phi) is 35.4. The molecule has 0 radical (unpaired) electrons. The van der Waals surface area contributed by atoms with Gasteiger partial charge in [0, 0.05) is 5.92 Å². The molecule has 6 heteroatoms. The Morgan fingerprint density at radius 3 is 1.26 bits per heavy atom. The first kappa shape index (κ1) is 41.7. The molecule has 0 spiro atoms. The maximum absolute atomic E-state index is 10.9. The van der Waals surface area contributed by atoms with E-state index in [0.717, 1.165) is 25.7 Å². The van der Waals surface area contributed by atoms with Gasteiger partial charge in [0.1, 0.15) is 0 Å². The summed E-state index contributed by atoms with van der Waals surface area (Å²) in [5.41, 5.74) is 0. The van der Waals surface area contributed by atoms with E-state index in [1.54, 1.807) is 0 Å². The molecule has 0 aliphatic heterocycles. The minimum Gasteiger partial charge on any atom is -0.726 e. The topological polar surface area (TPSA) is 66.4 Å². The minimum absolute atomic E-state index is 0. The molecule has 0 aromatic heterocycles. The fourth-order valence-electron chi connectivity index (χ4n) is 5.22. The monoisotopic (exact) mass is 580 g/mol. The van der Waals surface area contributed by atoms with Crippen molar-refractivity contribution in [3.63, 3.8) is 0 Å². The maximum Gasteiger partial charge on any atom is 1.00 e.